The number of carbonyl (C=O) groups is 4. The smallest absolute Gasteiger partial charge is 0.332 e. The molecule has 16 heterocycles. The van der Waals surface area contributed by atoms with Crippen molar-refractivity contribution in [3.8, 4) is 23.0 Å². The Morgan fingerprint density at radius 3 is 0.903 bits per heavy atom. The number of carboxylic acids is 2. The number of benzene rings is 6. The Bertz CT molecular complexity index is 2780. The van der Waals surface area contributed by atoms with Gasteiger partial charge in [-0.3, -0.25) is 9.59 Å². The van der Waals surface area contributed by atoms with Gasteiger partial charge in [-0.05, 0) is 115 Å². The zero-order chi connectivity index (χ0) is 42.2. The Morgan fingerprint density at radius 2 is 0.645 bits per heavy atom. The van der Waals surface area contributed by atoms with Crippen LogP contribution in [-0.2, 0) is 45.6 Å². The lowest BCUT2D eigenvalue weighted by Crippen LogP contribution is -2.32. The van der Waals surface area contributed by atoms with E-state index in [0.29, 0.717) is 35.6 Å². The molecule has 4 unspecified atom stereocenters. The summed E-state index contributed by atoms with van der Waals surface area (Å²) in [6, 6.07) is 38.4. The zero-order valence-electron chi connectivity index (χ0n) is 33.0. The first-order valence-electron chi connectivity index (χ1n) is 20.3. The van der Waals surface area contributed by atoms with Gasteiger partial charge in [0.05, 0.1) is 11.1 Å². The number of hydrogen-bond acceptors (Lipinski definition) is 8. The van der Waals surface area contributed by atoms with Crippen LogP contribution in [0.5, 0.6) is 23.0 Å². The van der Waals surface area contributed by atoms with Crippen LogP contribution in [0.2, 0.25) is 0 Å². The standard InChI is InChI=1S/C52H36O10/c53-21-43-45-35-13-9-33-19-41(35)47(49(43)51(55)56)37-15-11-31(17-39(37)45)59-23-27-1-2-28(4-3-27)24-60-32-12-16-38-40(18-32)46-36-14-10-34(62-26-30-7-5-29(6-8-30)25-61-33)20-42(36)48(38)50(52(57)58)44(46)22-54/h1-22,45-48H,23-26H2,(H,55,56)(H,57,58). The third-order valence-corrected chi connectivity index (χ3v) is 12.9. The largest absolute Gasteiger partial charge is 0.489 e. The number of hydrogen-bond donors (Lipinski definition) is 2. The first-order valence-corrected chi connectivity index (χ1v) is 20.3. The van der Waals surface area contributed by atoms with Crippen molar-refractivity contribution in [2.75, 3.05) is 0 Å². The summed E-state index contributed by atoms with van der Waals surface area (Å²) in [4.78, 5) is 50.7. The number of carbonyl (C=O) groups excluding carboxylic acids is 2. The van der Waals surface area contributed by atoms with E-state index >= 15 is 0 Å². The van der Waals surface area contributed by atoms with Crippen molar-refractivity contribution in [1.29, 1.82) is 0 Å². The molecule has 0 saturated carbocycles. The van der Waals surface area contributed by atoms with Crippen molar-refractivity contribution in [2.24, 2.45) is 0 Å². The molecule has 62 heavy (non-hydrogen) atoms. The SMILES string of the molecule is O=CC1=C(C(=O)O)C2c3ccc4cc3C1c1ccc(cc12)OCc1ccc(cc1)COc1ccc2c(c1)C1C(C(=O)O)=C(C=O)C2c2cc(ccc21)OCc1ccc(cc1)CO4. The van der Waals surface area contributed by atoms with Gasteiger partial charge in [0.25, 0.3) is 0 Å². The van der Waals surface area contributed by atoms with Crippen LogP contribution in [0.3, 0.4) is 0 Å². The molecule has 0 saturated heterocycles. The predicted molar refractivity (Wildman–Crippen MR) is 225 cm³/mol. The Morgan fingerprint density at radius 1 is 0.387 bits per heavy atom. The molecule has 28 rings (SSSR count). The molecule has 20 bridgehead atoms. The second-order valence-electron chi connectivity index (χ2n) is 16.3. The van der Waals surface area contributed by atoms with Gasteiger partial charge in [0.15, 0.2) is 0 Å². The summed E-state index contributed by atoms with van der Waals surface area (Å²) < 4.78 is 25.1. The minimum absolute atomic E-state index is 0.0813. The van der Waals surface area contributed by atoms with E-state index in [0.717, 1.165) is 66.8 Å². The first kappa shape index (κ1) is 37.3. The predicted octanol–water partition coefficient (Wildman–Crippen LogP) is 8.66. The number of allylic oxidation sites excluding steroid dienone is 2. The fourth-order valence-corrected chi connectivity index (χ4v) is 10.1. The van der Waals surface area contributed by atoms with Crippen molar-refractivity contribution in [3.05, 3.63) is 210 Å². The maximum atomic E-state index is 12.7. The van der Waals surface area contributed by atoms with Crippen LogP contribution in [0.25, 0.3) is 0 Å². The molecule has 10 nitrogen and oxygen atoms in total. The summed E-state index contributed by atoms with van der Waals surface area (Å²) in [6.07, 6.45) is 1.36. The third kappa shape index (κ3) is 5.93. The summed E-state index contributed by atoms with van der Waals surface area (Å²) >= 11 is 0. The van der Waals surface area contributed by atoms with Gasteiger partial charge in [-0.15, -0.1) is 0 Å². The monoisotopic (exact) mass is 820 g/mol. The molecule has 16 aliphatic heterocycles. The van der Waals surface area contributed by atoms with E-state index in [4.69, 9.17) is 18.9 Å². The van der Waals surface area contributed by atoms with Gasteiger partial charge in [-0.25, -0.2) is 9.59 Å². The van der Waals surface area contributed by atoms with Crippen LogP contribution >= 0.6 is 0 Å². The molecule has 6 aromatic carbocycles. The first-order chi connectivity index (χ1) is 30.3. The average molecular weight is 821 g/mol. The van der Waals surface area contributed by atoms with Crippen LogP contribution in [0.4, 0.5) is 0 Å². The number of aliphatic carboxylic acids is 2. The lowest BCUT2D eigenvalue weighted by molar-refractivity contribution is -0.134. The van der Waals surface area contributed by atoms with E-state index in [9.17, 15) is 29.4 Å². The van der Waals surface area contributed by atoms with Crippen molar-refractivity contribution in [2.45, 2.75) is 50.1 Å². The lowest BCUT2D eigenvalue weighted by atomic mass is 9.61. The van der Waals surface area contributed by atoms with Gasteiger partial charge in [-0.2, -0.15) is 0 Å². The highest BCUT2D eigenvalue weighted by Crippen LogP contribution is 2.58. The van der Waals surface area contributed by atoms with Gasteiger partial charge < -0.3 is 29.2 Å². The van der Waals surface area contributed by atoms with Gasteiger partial charge >= 0.3 is 11.9 Å². The number of rotatable bonds is 4. The molecule has 0 fully saturated rings. The minimum Gasteiger partial charge on any atom is -0.489 e. The number of aldehydes is 2. The van der Waals surface area contributed by atoms with E-state index in [2.05, 4.69) is 0 Å². The van der Waals surface area contributed by atoms with Crippen LogP contribution in [0, 0.1) is 0 Å². The second-order valence-corrected chi connectivity index (χ2v) is 16.3. The molecule has 0 spiro atoms. The molecule has 2 N–H and O–H groups in total. The van der Waals surface area contributed by atoms with Crippen molar-refractivity contribution < 1.29 is 48.3 Å². The van der Waals surface area contributed by atoms with E-state index < -0.39 is 35.6 Å². The van der Waals surface area contributed by atoms with Crippen LogP contribution in [-0.4, -0.2) is 34.7 Å². The van der Waals surface area contributed by atoms with Gasteiger partial charge in [0.1, 0.15) is 62.0 Å². The summed E-state index contributed by atoms with van der Waals surface area (Å²) in [6.45, 7) is 1.08. The van der Waals surface area contributed by atoms with Crippen molar-refractivity contribution in [1.82, 2.24) is 0 Å². The summed E-state index contributed by atoms with van der Waals surface area (Å²) in [7, 11) is 0. The maximum Gasteiger partial charge on any atom is 0.332 e. The van der Waals surface area contributed by atoms with Crippen molar-refractivity contribution >= 4 is 24.5 Å². The normalized spacial score (nSPS) is 20.1. The molecule has 0 amide bonds. The topological polar surface area (TPSA) is 146 Å². The molecule has 304 valence electrons. The van der Waals surface area contributed by atoms with Gasteiger partial charge in [0.2, 0.25) is 0 Å². The zero-order valence-corrected chi connectivity index (χ0v) is 33.0. The van der Waals surface area contributed by atoms with Crippen molar-refractivity contribution in [3.63, 3.8) is 0 Å². The molecule has 6 aromatic rings. The average Bonchev–Trinajstić information content (AvgIpc) is 3.30. The summed E-state index contributed by atoms with van der Waals surface area (Å²) in [5, 5.41) is 20.8. The Hall–Kier alpha value is -7.72. The van der Waals surface area contributed by atoms with Gasteiger partial charge in [-0.1, -0.05) is 72.8 Å². The lowest BCUT2D eigenvalue weighted by Gasteiger charge is -2.41. The fraction of sp³-hybridized carbons (Fsp3) is 0.154. The minimum atomic E-state index is -1.13. The highest BCUT2D eigenvalue weighted by molar-refractivity contribution is 6.02. The second kappa shape index (κ2) is 14.5. The van der Waals surface area contributed by atoms with E-state index in [-0.39, 0.29) is 48.7 Å². The Labute approximate surface area is 355 Å². The molecular weight excluding hydrogens is 785 g/mol. The van der Waals surface area contributed by atoms with Gasteiger partial charge in [0, 0.05) is 34.8 Å². The molecule has 22 aliphatic rings. The third-order valence-electron chi connectivity index (χ3n) is 12.9. The summed E-state index contributed by atoms with van der Waals surface area (Å²) in [5.41, 5.74) is 11.0. The molecule has 10 heteroatoms. The maximum absolute atomic E-state index is 12.7. The molecule has 4 atom stereocenters. The molecule has 6 aliphatic carbocycles. The molecule has 0 aromatic heterocycles. The summed E-state index contributed by atoms with van der Waals surface area (Å²) in [5.74, 6) is -2.35. The van der Waals surface area contributed by atoms with E-state index in [1.54, 1.807) is 0 Å². The Kier molecular flexibility index (Phi) is 8.71. The Balaban J connectivity index is 0.943. The fourth-order valence-electron chi connectivity index (χ4n) is 10.1. The molecular formula is C52H36O10. The highest BCUT2D eigenvalue weighted by Gasteiger charge is 2.47. The van der Waals surface area contributed by atoms with E-state index in [1.165, 1.54) is 0 Å². The quantitative estimate of drug-likeness (QED) is 0.166. The van der Waals surface area contributed by atoms with E-state index in [1.807, 2.05) is 121 Å². The molecule has 0 radical (unpaired) electrons. The number of carboxylic acid groups (broad SMARTS) is 2. The van der Waals surface area contributed by atoms with Crippen LogP contribution in [0.1, 0.15) is 90.4 Å². The highest BCUT2D eigenvalue weighted by atomic mass is 16.5. The van der Waals surface area contributed by atoms with Crippen LogP contribution in [0.15, 0.2) is 144 Å². The number of ether oxygens (including phenoxy) is 4. The van der Waals surface area contributed by atoms with Crippen LogP contribution < -0.4 is 18.9 Å².